The molecule has 2 nitrogen and oxygen atoms in total. The lowest BCUT2D eigenvalue weighted by Gasteiger charge is -2.10. The van der Waals surface area contributed by atoms with E-state index in [2.05, 4.69) is 41.8 Å². The summed E-state index contributed by atoms with van der Waals surface area (Å²) in [7, 11) is 0. The van der Waals surface area contributed by atoms with Gasteiger partial charge in [-0.2, -0.15) is 0 Å². The summed E-state index contributed by atoms with van der Waals surface area (Å²) in [6, 6.07) is 12.9. The van der Waals surface area contributed by atoms with Crippen molar-refractivity contribution in [2.24, 2.45) is 0 Å². The first-order valence-electron chi connectivity index (χ1n) is 6.50. The molecule has 106 valence electrons. The molecule has 2 aromatic carbocycles. The minimum Gasteiger partial charge on any atom is -0.454 e. The highest BCUT2D eigenvalue weighted by Crippen LogP contribution is 2.25. The molecule has 1 N–H and O–H groups in total. The van der Waals surface area contributed by atoms with Crippen LogP contribution in [-0.2, 0) is 6.54 Å². The molecule has 2 aromatic rings. The molecule has 0 aromatic heterocycles. The van der Waals surface area contributed by atoms with Crippen LogP contribution in [0, 0.1) is 9.39 Å². The van der Waals surface area contributed by atoms with Crippen LogP contribution < -0.4 is 10.1 Å². The lowest BCUT2D eigenvalue weighted by Crippen LogP contribution is -2.21. The molecule has 2 rings (SSSR count). The molecular weight excluding hydrogens is 368 g/mol. The van der Waals surface area contributed by atoms with E-state index in [1.54, 1.807) is 6.07 Å². The van der Waals surface area contributed by atoms with Crippen molar-refractivity contribution in [2.45, 2.75) is 26.4 Å². The van der Waals surface area contributed by atoms with Crippen molar-refractivity contribution in [1.82, 2.24) is 5.32 Å². The Kier molecular flexibility index (Phi) is 5.37. The zero-order chi connectivity index (χ0) is 14.5. The van der Waals surface area contributed by atoms with Gasteiger partial charge in [0.1, 0.15) is 5.75 Å². The summed E-state index contributed by atoms with van der Waals surface area (Å²) in [4.78, 5) is 0. The monoisotopic (exact) mass is 385 g/mol. The molecule has 0 aliphatic heterocycles. The topological polar surface area (TPSA) is 21.3 Å². The zero-order valence-corrected chi connectivity index (χ0v) is 13.6. The van der Waals surface area contributed by atoms with Gasteiger partial charge in [-0.15, -0.1) is 0 Å². The number of halogens is 2. The van der Waals surface area contributed by atoms with E-state index in [1.165, 1.54) is 6.07 Å². The Balaban J connectivity index is 2.07. The number of hydrogen-bond donors (Lipinski definition) is 1. The molecular formula is C16H17FINO. The molecule has 0 amide bonds. The summed E-state index contributed by atoms with van der Waals surface area (Å²) >= 11 is 2.22. The second-order valence-electron chi connectivity index (χ2n) is 4.86. The maximum atomic E-state index is 14.0. The van der Waals surface area contributed by atoms with Gasteiger partial charge in [0.05, 0.1) is 0 Å². The van der Waals surface area contributed by atoms with Gasteiger partial charge in [0.2, 0.25) is 0 Å². The van der Waals surface area contributed by atoms with Crippen molar-refractivity contribution in [3.05, 3.63) is 57.4 Å². The van der Waals surface area contributed by atoms with Crippen molar-refractivity contribution < 1.29 is 9.13 Å². The standard InChI is InChI=1S/C16H17FINO/c1-11(2)19-10-12-3-8-16(15(17)9-12)20-14-6-4-13(18)5-7-14/h3-9,11,19H,10H2,1-2H3. The van der Waals surface area contributed by atoms with Crippen molar-refractivity contribution in [1.29, 1.82) is 0 Å². The second kappa shape index (κ2) is 7.04. The maximum Gasteiger partial charge on any atom is 0.166 e. The fourth-order valence-corrected chi connectivity index (χ4v) is 2.05. The van der Waals surface area contributed by atoms with Gasteiger partial charge < -0.3 is 10.1 Å². The SMILES string of the molecule is CC(C)NCc1ccc(Oc2ccc(I)cc2)c(F)c1. The third-order valence-electron chi connectivity index (χ3n) is 2.75. The van der Waals surface area contributed by atoms with E-state index in [1.807, 2.05) is 30.3 Å². The minimum absolute atomic E-state index is 0.250. The van der Waals surface area contributed by atoms with Crippen LogP contribution in [-0.4, -0.2) is 6.04 Å². The summed E-state index contributed by atoms with van der Waals surface area (Å²) in [5.41, 5.74) is 0.908. The van der Waals surface area contributed by atoms with Crippen LogP contribution in [0.3, 0.4) is 0 Å². The molecule has 0 fully saturated rings. The Morgan fingerprint density at radius 1 is 1.15 bits per heavy atom. The lowest BCUT2D eigenvalue weighted by atomic mass is 10.2. The van der Waals surface area contributed by atoms with Crippen LogP contribution in [0.5, 0.6) is 11.5 Å². The molecule has 0 aliphatic rings. The number of rotatable bonds is 5. The number of ether oxygens (including phenoxy) is 1. The van der Waals surface area contributed by atoms with E-state index in [9.17, 15) is 4.39 Å². The van der Waals surface area contributed by atoms with Crippen LogP contribution in [0.2, 0.25) is 0 Å². The minimum atomic E-state index is -0.341. The van der Waals surface area contributed by atoms with E-state index in [0.29, 0.717) is 18.3 Å². The van der Waals surface area contributed by atoms with Gasteiger partial charge in [-0.05, 0) is 64.6 Å². The van der Waals surface area contributed by atoms with Gasteiger partial charge in [0, 0.05) is 16.2 Å². The molecule has 0 bridgehead atoms. The van der Waals surface area contributed by atoms with Gasteiger partial charge in [0.15, 0.2) is 11.6 Å². The molecule has 0 saturated carbocycles. The van der Waals surface area contributed by atoms with Crippen molar-refractivity contribution in [3.63, 3.8) is 0 Å². The molecule has 4 heteroatoms. The lowest BCUT2D eigenvalue weighted by molar-refractivity contribution is 0.441. The van der Waals surface area contributed by atoms with Gasteiger partial charge >= 0.3 is 0 Å². The number of hydrogen-bond acceptors (Lipinski definition) is 2. The number of nitrogens with one attached hydrogen (secondary N) is 1. The molecule has 0 atom stereocenters. The summed E-state index contributed by atoms with van der Waals surface area (Å²) in [6.45, 7) is 4.77. The third-order valence-corrected chi connectivity index (χ3v) is 3.47. The second-order valence-corrected chi connectivity index (χ2v) is 6.10. The Morgan fingerprint density at radius 3 is 2.45 bits per heavy atom. The zero-order valence-electron chi connectivity index (χ0n) is 11.5. The van der Waals surface area contributed by atoms with Crippen LogP contribution in [0.15, 0.2) is 42.5 Å². The Morgan fingerprint density at radius 2 is 1.85 bits per heavy atom. The third kappa shape index (κ3) is 4.45. The van der Waals surface area contributed by atoms with Crippen molar-refractivity contribution >= 4 is 22.6 Å². The molecule has 0 spiro atoms. The largest absolute Gasteiger partial charge is 0.454 e. The Hall–Kier alpha value is -1.14. The van der Waals surface area contributed by atoms with E-state index in [0.717, 1.165) is 9.13 Å². The number of benzene rings is 2. The highest BCUT2D eigenvalue weighted by atomic mass is 127. The Labute approximate surface area is 132 Å². The van der Waals surface area contributed by atoms with Crippen LogP contribution in [0.1, 0.15) is 19.4 Å². The van der Waals surface area contributed by atoms with Crippen LogP contribution in [0.25, 0.3) is 0 Å². The van der Waals surface area contributed by atoms with Crippen molar-refractivity contribution in [3.8, 4) is 11.5 Å². The van der Waals surface area contributed by atoms with E-state index in [4.69, 9.17) is 4.74 Å². The van der Waals surface area contributed by atoms with Crippen LogP contribution in [0.4, 0.5) is 4.39 Å². The molecule has 0 unspecified atom stereocenters. The van der Waals surface area contributed by atoms with Crippen molar-refractivity contribution in [2.75, 3.05) is 0 Å². The highest BCUT2D eigenvalue weighted by Gasteiger charge is 2.06. The molecule has 0 heterocycles. The summed E-state index contributed by atoms with van der Waals surface area (Å²) < 4.78 is 20.6. The molecule has 0 saturated heterocycles. The first-order chi connectivity index (χ1) is 9.54. The summed E-state index contributed by atoms with van der Waals surface area (Å²) in [5.74, 6) is 0.545. The van der Waals surface area contributed by atoms with Gasteiger partial charge in [-0.1, -0.05) is 19.9 Å². The first-order valence-corrected chi connectivity index (χ1v) is 7.57. The fourth-order valence-electron chi connectivity index (χ4n) is 1.69. The first kappa shape index (κ1) is 15.3. The highest BCUT2D eigenvalue weighted by molar-refractivity contribution is 14.1. The molecule has 0 radical (unpaired) electrons. The normalized spacial score (nSPS) is 10.8. The van der Waals surface area contributed by atoms with Gasteiger partial charge in [-0.3, -0.25) is 0 Å². The predicted octanol–water partition coefficient (Wildman–Crippen LogP) is 4.72. The summed E-state index contributed by atoms with van der Waals surface area (Å²) in [5, 5.41) is 3.26. The van der Waals surface area contributed by atoms with E-state index >= 15 is 0 Å². The molecule has 0 aliphatic carbocycles. The molecule has 20 heavy (non-hydrogen) atoms. The van der Waals surface area contributed by atoms with Gasteiger partial charge in [-0.25, -0.2) is 4.39 Å². The maximum absolute atomic E-state index is 14.0. The Bertz CT molecular complexity index is 569. The summed E-state index contributed by atoms with van der Waals surface area (Å²) in [6.07, 6.45) is 0. The average Bonchev–Trinajstić information content (AvgIpc) is 2.41. The van der Waals surface area contributed by atoms with Gasteiger partial charge in [0.25, 0.3) is 0 Å². The smallest absolute Gasteiger partial charge is 0.166 e. The van der Waals surface area contributed by atoms with E-state index < -0.39 is 0 Å². The average molecular weight is 385 g/mol. The van der Waals surface area contributed by atoms with Crippen LogP contribution >= 0.6 is 22.6 Å². The fraction of sp³-hybridized carbons (Fsp3) is 0.250. The quantitative estimate of drug-likeness (QED) is 0.753. The predicted molar refractivity (Wildman–Crippen MR) is 87.6 cm³/mol. The van der Waals surface area contributed by atoms with E-state index in [-0.39, 0.29) is 11.6 Å².